The number of carbonyl (C=O) groups excluding carboxylic acids is 1. The lowest BCUT2D eigenvalue weighted by Gasteiger charge is -2.22. The number of methoxy groups -OCH3 is 2. The first kappa shape index (κ1) is 16.1. The average molecular weight is 359 g/mol. The maximum Gasteiger partial charge on any atom is 0.250 e. The number of rotatable bonds is 5. The van der Waals surface area contributed by atoms with Crippen LogP contribution >= 0.6 is 15.9 Å². The van der Waals surface area contributed by atoms with Crippen molar-refractivity contribution < 1.29 is 19.0 Å². The first-order valence-corrected chi connectivity index (χ1v) is 7.45. The monoisotopic (exact) mass is 358 g/mol. The molecule has 1 fully saturated rings. The summed E-state index contributed by atoms with van der Waals surface area (Å²) in [4.78, 5) is 12.0. The lowest BCUT2D eigenvalue weighted by Crippen LogP contribution is -2.47. The fourth-order valence-corrected chi connectivity index (χ4v) is 2.76. The molecule has 1 atom stereocenters. The van der Waals surface area contributed by atoms with E-state index in [9.17, 15) is 4.79 Å². The van der Waals surface area contributed by atoms with Gasteiger partial charge in [-0.1, -0.05) is 0 Å². The lowest BCUT2D eigenvalue weighted by molar-refractivity contribution is -0.134. The minimum absolute atomic E-state index is 0.117. The minimum atomic E-state index is -0.428. The maximum atomic E-state index is 12.0. The molecule has 1 aliphatic rings. The van der Waals surface area contributed by atoms with Gasteiger partial charge in [-0.3, -0.25) is 4.79 Å². The van der Waals surface area contributed by atoms with Crippen molar-refractivity contribution >= 4 is 21.8 Å². The molecule has 116 valence electrons. The number of halogens is 1. The molecular weight excluding hydrogens is 340 g/mol. The summed E-state index contributed by atoms with van der Waals surface area (Å²) in [6.07, 6.45) is -0.428. The molecule has 0 aliphatic carbocycles. The topological polar surface area (TPSA) is 68.8 Å². The van der Waals surface area contributed by atoms with Gasteiger partial charge in [-0.15, -0.1) is 0 Å². The van der Waals surface area contributed by atoms with Crippen molar-refractivity contribution in [1.82, 2.24) is 10.6 Å². The minimum Gasteiger partial charge on any atom is -0.493 e. The number of nitrogens with one attached hydrogen (secondary N) is 2. The molecule has 1 aliphatic heterocycles. The molecule has 0 spiro atoms. The highest BCUT2D eigenvalue weighted by Gasteiger charge is 2.21. The van der Waals surface area contributed by atoms with Crippen LogP contribution in [-0.2, 0) is 16.1 Å². The summed E-state index contributed by atoms with van der Waals surface area (Å²) in [5, 5.41) is 5.99. The number of carbonyl (C=O) groups is 1. The smallest absolute Gasteiger partial charge is 0.250 e. The van der Waals surface area contributed by atoms with Crippen LogP contribution in [0.3, 0.4) is 0 Å². The number of hydrogen-bond donors (Lipinski definition) is 2. The first-order valence-electron chi connectivity index (χ1n) is 6.66. The second-order valence-corrected chi connectivity index (χ2v) is 5.45. The third kappa shape index (κ3) is 4.09. The molecule has 0 bridgehead atoms. The van der Waals surface area contributed by atoms with Gasteiger partial charge in [0.25, 0.3) is 5.91 Å². The van der Waals surface area contributed by atoms with Crippen LogP contribution < -0.4 is 20.1 Å². The first-order chi connectivity index (χ1) is 10.2. The molecule has 1 aromatic rings. The zero-order chi connectivity index (χ0) is 15.2. The second kappa shape index (κ2) is 7.63. The van der Waals surface area contributed by atoms with Crippen LogP contribution in [0.25, 0.3) is 0 Å². The largest absolute Gasteiger partial charge is 0.493 e. The van der Waals surface area contributed by atoms with Gasteiger partial charge in [-0.05, 0) is 33.6 Å². The van der Waals surface area contributed by atoms with E-state index in [1.165, 1.54) is 0 Å². The molecule has 1 amide bonds. The van der Waals surface area contributed by atoms with Crippen LogP contribution in [0.5, 0.6) is 11.5 Å². The van der Waals surface area contributed by atoms with Gasteiger partial charge in [0, 0.05) is 19.6 Å². The van der Waals surface area contributed by atoms with Gasteiger partial charge < -0.3 is 24.8 Å². The van der Waals surface area contributed by atoms with E-state index in [1.54, 1.807) is 14.2 Å². The quantitative estimate of drug-likeness (QED) is 0.823. The Morgan fingerprint density at radius 2 is 2.29 bits per heavy atom. The van der Waals surface area contributed by atoms with Crippen molar-refractivity contribution in [3.63, 3.8) is 0 Å². The number of hydrogen-bond acceptors (Lipinski definition) is 5. The Balaban J connectivity index is 1.99. The van der Waals surface area contributed by atoms with Gasteiger partial charge in [-0.25, -0.2) is 0 Å². The number of amides is 1. The van der Waals surface area contributed by atoms with Gasteiger partial charge in [-0.2, -0.15) is 0 Å². The van der Waals surface area contributed by atoms with Crippen molar-refractivity contribution in [1.29, 1.82) is 0 Å². The molecule has 2 rings (SSSR count). The van der Waals surface area contributed by atoms with Gasteiger partial charge >= 0.3 is 0 Å². The highest BCUT2D eigenvalue weighted by Crippen LogP contribution is 2.36. The van der Waals surface area contributed by atoms with Gasteiger partial charge in [0.05, 0.1) is 25.3 Å². The molecule has 0 aromatic heterocycles. The predicted molar refractivity (Wildman–Crippen MR) is 81.7 cm³/mol. The molecule has 1 saturated heterocycles. The van der Waals surface area contributed by atoms with Crippen molar-refractivity contribution in [3.05, 3.63) is 22.2 Å². The third-order valence-corrected chi connectivity index (χ3v) is 3.77. The number of ether oxygens (including phenoxy) is 3. The fourth-order valence-electron chi connectivity index (χ4n) is 2.11. The summed E-state index contributed by atoms with van der Waals surface area (Å²) >= 11 is 3.43. The van der Waals surface area contributed by atoms with E-state index < -0.39 is 6.10 Å². The van der Waals surface area contributed by atoms with E-state index in [2.05, 4.69) is 26.6 Å². The summed E-state index contributed by atoms with van der Waals surface area (Å²) in [5.41, 5.74) is 0.914. The van der Waals surface area contributed by atoms with Crippen LogP contribution in [0.2, 0.25) is 0 Å². The highest BCUT2D eigenvalue weighted by molar-refractivity contribution is 9.10. The molecule has 21 heavy (non-hydrogen) atoms. The molecule has 6 nitrogen and oxygen atoms in total. The van der Waals surface area contributed by atoms with Gasteiger partial charge in [0.15, 0.2) is 11.5 Å². The summed E-state index contributed by atoms with van der Waals surface area (Å²) in [5.74, 6) is 1.13. The van der Waals surface area contributed by atoms with E-state index in [1.807, 2.05) is 12.1 Å². The molecule has 1 aromatic carbocycles. The van der Waals surface area contributed by atoms with Crippen LogP contribution in [0, 0.1) is 0 Å². The fraction of sp³-hybridized carbons (Fsp3) is 0.500. The summed E-state index contributed by atoms with van der Waals surface area (Å²) < 4.78 is 16.7. The van der Waals surface area contributed by atoms with Gasteiger partial charge in [0.2, 0.25) is 0 Å². The molecule has 7 heteroatoms. The van der Waals surface area contributed by atoms with E-state index in [0.29, 0.717) is 31.2 Å². The number of benzene rings is 1. The van der Waals surface area contributed by atoms with Crippen molar-refractivity contribution in [2.45, 2.75) is 12.6 Å². The Morgan fingerprint density at radius 1 is 1.48 bits per heavy atom. The zero-order valence-electron chi connectivity index (χ0n) is 12.1. The van der Waals surface area contributed by atoms with Crippen LogP contribution in [-0.4, -0.2) is 45.9 Å². The van der Waals surface area contributed by atoms with E-state index in [0.717, 1.165) is 16.6 Å². The highest BCUT2D eigenvalue weighted by atomic mass is 79.9. The van der Waals surface area contributed by atoms with E-state index >= 15 is 0 Å². The average Bonchev–Trinajstić information content (AvgIpc) is 2.52. The lowest BCUT2D eigenvalue weighted by atomic mass is 10.2. The molecule has 1 unspecified atom stereocenters. The van der Waals surface area contributed by atoms with E-state index in [-0.39, 0.29) is 5.91 Å². The van der Waals surface area contributed by atoms with Crippen LogP contribution in [0.1, 0.15) is 5.56 Å². The zero-order valence-corrected chi connectivity index (χ0v) is 13.7. The Bertz CT molecular complexity index is 504. The number of morpholine rings is 1. The Morgan fingerprint density at radius 3 is 2.90 bits per heavy atom. The van der Waals surface area contributed by atoms with Crippen LogP contribution in [0.15, 0.2) is 16.6 Å². The van der Waals surface area contributed by atoms with Crippen molar-refractivity contribution in [2.75, 3.05) is 33.9 Å². The normalized spacial score (nSPS) is 18.1. The summed E-state index contributed by atoms with van der Waals surface area (Å²) in [6.45, 7) is 2.28. The predicted octanol–water partition coefficient (Wildman–Crippen LogP) is 1.07. The standard InChI is InChI=1S/C14H19BrN2O4/c1-19-11-6-9(5-10(15)13(11)20-2)7-17-14(18)12-8-16-3-4-21-12/h5-6,12,16H,3-4,7-8H2,1-2H3,(H,17,18). The molecular formula is C14H19BrN2O4. The molecule has 1 heterocycles. The molecule has 0 radical (unpaired) electrons. The third-order valence-electron chi connectivity index (χ3n) is 3.18. The second-order valence-electron chi connectivity index (χ2n) is 4.59. The van der Waals surface area contributed by atoms with Crippen molar-refractivity contribution in [3.8, 4) is 11.5 Å². The Labute approximate surface area is 132 Å². The van der Waals surface area contributed by atoms with E-state index in [4.69, 9.17) is 14.2 Å². The summed E-state index contributed by atoms with van der Waals surface area (Å²) in [7, 11) is 3.16. The SMILES string of the molecule is COc1cc(CNC(=O)C2CNCCO2)cc(Br)c1OC. The van der Waals surface area contributed by atoms with Gasteiger partial charge in [0.1, 0.15) is 6.10 Å². The Kier molecular flexibility index (Phi) is 5.84. The molecule has 0 saturated carbocycles. The summed E-state index contributed by atoms with van der Waals surface area (Å²) in [6, 6.07) is 3.73. The van der Waals surface area contributed by atoms with Crippen LogP contribution in [0.4, 0.5) is 0 Å². The van der Waals surface area contributed by atoms with Crippen molar-refractivity contribution in [2.24, 2.45) is 0 Å². The maximum absolute atomic E-state index is 12.0. The Hall–Kier alpha value is -1.31. The molecule has 2 N–H and O–H groups in total.